The van der Waals surface area contributed by atoms with E-state index in [4.69, 9.17) is 4.74 Å². The van der Waals surface area contributed by atoms with E-state index in [1.165, 1.54) is 6.42 Å². The van der Waals surface area contributed by atoms with Crippen LogP contribution in [0.3, 0.4) is 0 Å². The molecule has 0 aromatic rings. The first-order valence-electron chi connectivity index (χ1n) is 5.00. The fraction of sp³-hybridized carbons (Fsp3) is 0.900. The Hall–Kier alpha value is -0.0800. The molecule has 2 saturated heterocycles. The molecule has 64 valence electrons. The van der Waals surface area contributed by atoms with Crippen molar-refractivity contribution < 1.29 is 4.74 Å². The molecular formula is C10H12NO-. The first kappa shape index (κ1) is 5.61. The molecule has 0 N–H and O–H groups in total. The van der Waals surface area contributed by atoms with Gasteiger partial charge in [-0.05, 0) is 29.7 Å². The van der Waals surface area contributed by atoms with Crippen LogP contribution in [-0.2, 0) is 4.74 Å². The second-order valence-electron chi connectivity index (χ2n) is 5.46. The normalized spacial score (nSPS) is 80.8. The van der Waals surface area contributed by atoms with Crippen LogP contribution in [-0.4, -0.2) is 30.2 Å². The third kappa shape index (κ3) is 0.252. The maximum absolute atomic E-state index is 5.61. The summed E-state index contributed by atoms with van der Waals surface area (Å²) in [5.74, 6) is 2.19. The summed E-state index contributed by atoms with van der Waals surface area (Å²) in [6.07, 6.45) is 1.52. The van der Waals surface area contributed by atoms with Gasteiger partial charge in [0.2, 0.25) is 0 Å². The van der Waals surface area contributed by atoms with Crippen LogP contribution in [0.2, 0.25) is 0 Å². The van der Waals surface area contributed by atoms with Gasteiger partial charge < -0.3 is 9.64 Å². The fourth-order valence-corrected chi connectivity index (χ4v) is 5.16. The van der Waals surface area contributed by atoms with E-state index in [1.54, 1.807) is 0 Å². The Kier molecular flexibility index (Phi) is 0.525. The Morgan fingerprint density at radius 2 is 2.33 bits per heavy atom. The van der Waals surface area contributed by atoms with Crippen LogP contribution >= 0.6 is 0 Å². The van der Waals surface area contributed by atoms with E-state index in [9.17, 15) is 0 Å². The predicted molar refractivity (Wildman–Crippen MR) is 42.1 cm³/mol. The van der Waals surface area contributed by atoms with Crippen molar-refractivity contribution in [3.8, 4) is 0 Å². The smallest absolute Gasteiger partial charge is 0.0605 e. The third-order valence-corrected chi connectivity index (χ3v) is 5.55. The number of nitrogens with zero attached hydrogens (tertiary/aromatic N) is 1. The molecule has 2 aliphatic heterocycles. The average molecular weight is 162 g/mol. The number of hydrogen-bond donors (Lipinski definition) is 0. The van der Waals surface area contributed by atoms with E-state index in [1.807, 2.05) is 0 Å². The van der Waals surface area contributed by atoms with Gasteiger partial charge in [0.05, 0.1) is 13.2 Å². The molecule has 0 aromatic heterocycles. The molecule has 5 fully saturated rings. The molecular weight excluding hydrogens is 150 g/mol. The standard InChI is InChI=1S/C10H12NO/c1-11-6-3-12-4-10(6)7-5-2-9(5,7)8(10)11/h5-8H,1-4H2/q-1. The minimum Gasteiger partial charge on any atom is -0.450 e. The quantitative estimate of drug-likeness (QED) is 0.481. The van der Waals surface area contributed by atoms with Crippen molar-refractivity contribution in [1.82, 2.24) is 4.90 Å². The van der Waals surface area contributed by atoms with Gasteiger partial charge in [-0.3, -0.25) is 7.05 Å². The van der Waals surface area contributed by atoms with Crippen molar-refractivity contribution in [1.29, 1.82) is 0 Å². The van der Waals surface area contributed by atoms with Gasteiger partial charge in [-0.1, -0.05) is 0 Å². The highest BCUT2D eigenvalue weighted by Crippen LogP contribution is 2.99. The Balaban J connectivity index is 1.70. The minimum absolute atomic E-state index is 0.630. The number of rotatable bonds is 0. The molecule has 0 aromatic carbocycles. The third-order valence-electron chi connectivity index (χ3n) is 5.55. The molecule has 0 radical (unpaired) electrons. The monoisotopic (exact) mass is 162 g/mol. The highest BCUT2D eigenvalue weighted by atomic mass is 16.5. The average Bonchev–Trinajstić information content (AvgIpc) is 2.77. The summed E-state index contributed by atoms with van der Waals surface area (Å²) in [7, 11) is 4.17. The summed E-state index contributed by atoms with van der Waals surface area (Å²) in [4.78, 5) is 2.36. The second-order valence-corrected chi connectivity index (χ2v) is 5.46. The van der Waals surface area contributed by atoms with Crippen LogP contribution in [0.15, 0.2) is 0 Å². The lowest BCUT2D eigenvalue weighted by atomic mass is 9.48. The van der Waals surface area contributed by atoms with E-state index in [2.05, 4.69) is 11.9 Å². The molecule has 0 amide bonds. The van der Waals surface area contributed by atoms with Crippen molar-refractivity contribution in [3.63, 3.8) is 0 Å². The molecule has 5 rings (SSSR count). The molecule has 2 spiro atoms. The van der Waals surface area contributed by atoms with Crippen LogP contribution in [0, 0.1) is 29.7 Å². The molecule has 6 atom stereocenters. The zero-order valence-electron chi connectivity index (χ0n) is 6.99. The topological polar surface area (TPSA) is 12.5 Å². The van der Waals surface area contributed by atoms with E-state index >= 15 is 0 Å². The summed E-state index contributed by atoms with van der Waals surface area (Å²) in [5.41, 5.74) is 1.44. The highest BCUT2D eigenvalue weighted by Gasteiger charge is 3.00. The van der Waals surface area contributed by atoms with Gasteiger partial charge in [-0.2, -0.15) is 0 Å². The zero-order valence-corrected chi connectivity index (χ0v) is 6.99. The number of piperidine rings is 1. The van der Waals surface area contributed by atoms with Gasteiger partial charge in [-0.15, -0.1) is 0 Å². The molecule has 0 bridgehead atoms. The zero-order chi connectivity index (χ0) is 7.72. The van der Waals surface area contributed by atoms with Crippen LogP contribution in [0.5, 0.6) is 0 Å². The SMILES string of the molecule is [CH2-]N1C2COCC23C2C4CC42C13. The minimum atomic E-state index is 0.630. The lowest BCUT2D eigenvalue weighted by Crippen LogP contribution is -2.79. The van der Waals surface area contributed by atoms with Gasteiger partial charge >= 0.3 is 0 Å². The number of ether oxygens (including phenoxy) is 1. The molecule has 5 aliphatic rings. The number of fused-ring (bicyclic) bond motifs is 1. The Bertz CT molecular complexity index is 317. The molecule has 12 heavy (non-hydrogen) atoms. The van der Waals surface area contributed by atoms with Crippen molar-refractivity contribution >= 4 is 0 Å². The predicted octanol–water partition coefficient (Wildman–Crippen LogP) is 0.497. The van der Waals surface area contributed by atoms with E-state index in [-0.39, 0.29) is 0 Å². The summed E-state index contributed by atoms with van der Waals surface area (Å²) < 4.78 is 5.61. The lowest BCUT2D eigenvalue weighted by Gasteiger charge is -2.73. The maximum atomic E-state index is 5.61. The molecule has 3 aliphatic carbocycles. The Morgan fingerprint density at radius 1 is 1.42 bits per heavy atom. The van der Waals surface area contributed by atoms with Gasteiger partial charge in [-0.25, -0.2) is 0 Å². The van der Waals surface area contributed by atoms with Crippen LogP contribution in [0.25, 0.3) is 0 Å². The van der Waals surface area contributed by atoms with E-state index in [0.29, 0.717) is 11.5 Å². The van der Waals surface area contributed by atoms with Gasteiger partial charge in [0.1, 0.15) is 0 Å². The van der Waals surface area contributed by atoms with E-state index in [0.717, 1.165) is 36.5 Å². The molecule has 2 heterocycles. The number of hydrogen-bond acceptors (Lipinski definition) is 2. The molecule has 2 nitrogen and oxygen atoms in total. The lowest BCUT2D eigenvalue weighted by molar-refractivity contribution is -0.202. The second kappa shape index (κ2) is 1.12. The summed E-state index contributed by atoms with van der Waals surface area (Å²) in [6, 6.07) is 1.54. The maximum Gasteiger partial charge on any atom is 0.0605 e. The fourth-order valence-electron chi connectivity index (χ4n) is 5.16. The van der Waals surface area contributed by atoms with Crippen molar-refractivity contribution in [2.24, 2.45) is 22.7 Å². The number of likely N-dealkylation sites (tertiary alicyclic amines) is 1. The summed E-state index contributed by atoms with van der Waals surface area (Å²) >= 11 is 0. The van der Waals surface area contributed by atoms with Crippen molar-refractivity contribution in [2.45, 2.75) is 18.5 Å². The van der Waals surface area contributed by atoms with Crippen LogP contribution < -0.4 is 0 Å². The first-order valence-corrected chi connectivity index (χ1v) is 5.00. The molecule has 2 heteroatoms. The highest BCUT2D eigenvalue weighted by molar-refractivity contribution is 5.51. The van der Waals surface area contributed by atoms with Crippen LogP contribution in [0.1, 0.15) is 6.42 Å². The Morgan fingerprint density at radius 3 is 3.17 bits per heavy atom. The summed E-state index contributed by atoms with van der Waals surface area (Å²) in [6.45, 7) is 2.01. The van der Waals surface area contributed by atoms with Gasteiger partial charge in [0.15, 0.2) is 0 Å². The Labute approximate surface area is 71.9 Å². The van der Waals surface area contributed by atoms with Crippen molar-refractivity contribution in [2.75, 3.05) is 13.2 Å². The summed E-state index contributed by atoms with van der Waals surface area (Å²) in [5, 5.41) is 0. The van der Waals surface area contributed by atoms with Gasteiger partial charge in [0, 0.05) is 11.5 Å². The largest absolute Gasteiger partial charge is 0.450 e. The van der Waals surface area contributed by atoms with Crippen LogP contribution in [0.4, 0.5) is 0 Å². The first-order chi connectivity index (χ1) is 5.83. The van der Waals surface area contributed by atoms with Gasteiger partial charge in [0.25, 0.3) is 0 Å². The molecule has 3 saturated carbocycles. The molecule has 6 unspecified atom stereocenters. The van der Waals surface area contributed by atoms with E-state index < -0.39 is 0 Å². The van der Waals surface area contributed by atoms with Crippen molar-refractivity contribution in [3.05, 3.63) is 7.05 Å².